The van der Waals surface area contributed by atoms with E-state index < -0.39 is 85.6 Å². The number of ether oxygens (including phenoxy) is 5. The van der Waals surface area contributed by atoms with Crippen LogP contribution in [0.15, 0.2) is 47.6 Å². The number of nitrogens with zero attached hydrogens (tertiary/aromatic N) is 1. The lowest BCUT2D eigenvalue weighted by molar-refractivity contribution is -0.265. The van der Waals surface area contributed by atoms with Crippen LogP contribution in [0.5, 0.6) is 0 Å². The summed E-state index contributed by atoms with van der Waals surface area (Å²) in [7, 11) is 3.13. The highest BCUT2D eigenvalue weighted by molar-refractivity contribution is 7.44. The highest BCUT2D eigenvalue weighted by atomic mass is 31.1. The molecule has 2 saturated heterocycles. The molecule has 3 heterocycles. The lowest BCUT2D eigenvalue weighted by Crippen LogP contribution is -2.61. The second-order valence-electron chi connectivity index (χ2n) is 20.1. The maximum Gasteiger partial charge on any atom is 0.341 e. The number of carbonyl (C=O) groups is 5. The molecule has 0 aromatic carbocycles. The number of rotatable bonds is 7. The normalized spacial score (nSPS) is 39.8. The molecule has 2 bridgehead atoms. The number of carbonyl (C=O) groups excluding carboxylic acids is 5. The molecular formula is C52H81NO13P+. The number of methoxy groups -OCH3 is 3. The van der Waals surface area contributed by atoms with Gasteiger partial charge >= 0.3 is 13.8 Å². The Morgan fingerprint density at radius 3 is 2.25 bits per heavy atom. The molecule has 4 unspecified atom stereocenters. The number of ketones is 3. The molecule has 67 heavy (non-hydrogen) atoms. The van der Waals surface area contributed by atoms with Crippen LogP contribution in [-0.2, 0) is 52.2 Å². The van der Waals surface area contributed by atoms with E-state index in [-0.39, 0.29) is 60.5 Å². The molecule has 0 radical (unpaired) electrons. The first-order chi connectivity index (χ1) is 31.7. The fourth-order valence-corrected chi connectivity index (χ4v) is 11.8. The van der Waals surface area contributed by atoms with Gasteiger partial charge in [-0.15, -0.1) is 0 Å². The van der Waals surface area contributed by atoms with Gasteiger partial charge < -0.3 is 38.8 Å². The Bertz CT molecular complexity index is 1860. The lowest BCUT2D eigenvalue weighted by atomic mass is 9.79. The number of aliphatic hydroxyl groups is 2. The molecule has 1 aliphatic carbocycles. The van der Waals surface area contributed by atoms with Crippen molar-refractivity contribution in [1.82, 2.24) is 4.90 Å². The van der Waals surface area contributed by atoms with Crippen LogP contribution in [0.3, 0.4) is 0 Å². The van der Waals surface area contributed by atoms with Crippen LogP contribution >= 0.6 is 7.80 Å². The van der Waals surface area contributed by atoms with Crippen LogP contribution in [0.2, 0.25) is 0 Å². The number of aliphatic hydroxyl groups excluding tert-OH is 1. The predicted molar refractivity (Wildman–Crippen MR) is 256 cm³/mol. The fraction of sp³-hybridized carbons (Fsp3) is 0.750. The standard InChI is InChI=1S/C52H81NO13P/c1-31-17-13-12-14-18-32(2)42(62-8)29-39-22-20-37(7)52(60,66-39)49(57)50(58)53-24-16-15-19-40(53)51(59)65-43(34(4)27-38-21-23-45(67(11)61)44(28-38)63-9)30-41(54)33(3)26-36(6)47(56)48(64-10)46(55)35(5)25-31/h12-14,17-18,26,31,33-35,37-40,42-45,47-48,56,60H,15-16,19-25,27-30H2,1-11H3/q+1/b14-12+,17-13+,32-18+,36-26+/t31-,33-,34-,35-,37-,38+,39?,40?,42+,43+,44-,45?,47-,48+,52-/m1/s1. The highest BCUT2D eigenvalue weighted by Gasteiger charge is 2.53. The van der Waals surface area contributed by atoms with Gasteiger partial charge in [-0.3, -0.25) is 19.2 Å². The van der Waals surface area contributed by atoms with E-state index in [0.717, 1.165) is 18.4 Å². The first-order valence-corrected chi connectivity index (χ1v) is 26.3. The lowest BCUT2D eigenvalue weighted by Gasteiger charge is -2.42. The van der Waals surface area contributed by atoms with Crippen molar-refractivity contribution in [2.45, 2.75) is 180 Å². The Morgan fingerprint density at radius 1 is 0.881 bits per heavy atom. The van der Waals surface area contributed by atoms with Gasteiger partial charge in [-0.2, -0.15) is 0 Å². The van der Waals surface area contributed by atoms with Gasteiger partial charge in [0, 0.05) is 58.5 Å². The van der Waals surface area contributed by atoms with Crippen LogP contribution in [0, 0.1) is 35.5 Å². The number of amides is 1. The van der Waals surface area contributed by atoms with Crippen LogP contribution < -0.4 is 0 Å². The number of fused-ring (bicyclic) bond motifs is 3. The molecule has 376 valence electrons. The van der Waals surface area contributed by atoms with Crippen molar-refractivity contribution in [3.63, 3.8) is 0 Å². The summed E-state index contributed by atoms with van der Waals surface area (Å²) in [4.78, 5) is 72.0. The minimum absolute atomic E-state index is 0.0171. The average molecular weight is 959 g/mol. The van der Waals surface area contributed by atoms with Gasteiger partial charge in [0.05, 0.1) is 12.2 Å². The summed E-state index contributed by atoms with van der Waals surface area (Å²) in [5.74, 6) is -7.95. The van der Waals surface area contributed by atoms with Crippen LogP contribution in [0.25, 0.3) is 0 Å². The van der Waals surface area contributed by atoms with Gasteiger partial charge in [-0.05, 0) is 107 Å². The van der Waals surface area contributed by atoms with Crippen molar-refractivity contribution in [1.29, 1.82) is 0 Å². The first kappa shape index (κ1) is 56.4. The maximum absolute atomic E-state index is 14.4. The molecule has 0 aromatic rings. The van der Waals surface area contributed by atoms with Crippen molar-refractivity contribution in [3.8, 4) is 0 Å². The van der Waals surface area contributed by atoms with Crippen molar-refractivity contribution >= 4 is 37.0 Å². The second kappa shape index (κ2) is 26.1. The van der Waals surface area contributed by atoms with Gasteiger partial charge in [0.25, 0.3) is 11.7 Å². The quantitative estimate of drug-likeness (QED) is 0.110. The summed E-state index contributed by atoms with van der Waals surface area (Å²) < 4.78 is 42.2. The number of hydrogen-bond acceptors (Lipinski definition) is 13. The number of allylic oxidation sites excluding steroid dienone is 6. The summed E-state index contributed by atoms with van der Waals surface area (Å²) in [6, 6.07) is -1.14. The van der Waals surface area contributed by atoms with E-state index in [2.05, 4.69) is 0 Å². The average Bonchev–Trinajstić information content (AvgIpc) is 3.30. The number of Topliss-reactive ketones (excluding diaryl/α,β-unsaturated/α-hetero) is 3. The Labute approximate surface area is 400 Å². The minimum Gasteiger partial charge on any atom is -0.460 e. The third-order valence-electron chi connectivity index (χ3n) is 14.9. The summed E-state index contributed by atoms with van der Waals surface area (Å²) in [5, 5.41) is 23.4. The topological polar surface area (TPSA) is 192 Å². The molecule has 4 aliphatic rings. The Hall–Kier alpha value is -3.23. The molecule has 0 aromatic heterocycles. The van der Waals surface area contributed by atoms with Gasteiger partial charge in [0.1, 0.15) is 42.9 Å². The smallest absolute Gasteiger partial charge is 0.341 e. The molecule has 16 atom stereocenters. The molecule has 0 spiro atoms. The Balaban J connectivity index is 1.71. The summed E-state index contributed by atoms with van der Waals surface area (Å²) in [6.07, 6.45) is 12.2. The summed E-state index contributed by atoms with van der Waals surface area (Å²) >= 11 is 0. The van der Waals surface area contributed by atoms with Crippen LogP contribution in [0.1, 0.15) is 126 Å². The summed E-state index contributed by atoms with van der Waals surface area (Å²) in [6.45, 7) is 14.5. The molecule has 15 heteroatoms. The molecular weight excluding hydrogens is 878 g/mol. The first-order valence-electron chi connectivity index (χ1n) is 24.6. The molecule has 1 saturated carbocycles. The minimum atomic E-state index is -2.43. The number of piperidine rings is 1. The molecule has 3 fully saturated rings. The second-order valence-corrected chi connectivity index (χ2v) is 21.9. The zero-order chi connectivity index (χ0) is 49.7. The fourth-order valence-electron chi connectivity index (χ4n) is 10.5. The van der Waals surface area contributed by atoms with Gasteiger partial charge in [-0.1, -0.05) is 75.6 Å². The molecule has 4 rings (SSSR count). The third kappa shape index (κ3) is 14.9. The van der Waals surface area contributed by atoms with Crippen molar-refractivity contribution in [3.05, 3.63) is 47.6 Å². The van der Waals surface area contributed by atoms with Crippen molar-refractivity contribution in [2.24, 2.45) is 35.5 Å². The van der Waals surface area contributed by atoms with Crippen molar-refractivity contribution in [2.75, 3.05) is 34.5 Å². The SMILES string of the molecule is CO[C@H]1CC2CC[C@@H](C)[C@@](O)(O2)C(=O)C(=O)N2CCCCC2C(=O)O[C@H]([C@H](C)C[C@@H]2CCC([P+](C)=O)[C@H](OC)C2)CC(=O)[C@H](C)/C=C(\C)[C@@H](O)[C@@H](OC)C(=O)[C@H](C)C[C@H](C)/C=C/C=C/C=C/1C. The van der Waals surface area contributed by atoms with Gasteiger partial charge in [0.15, 0.2) is 11.4 Å². The zero-order valence-electron chi connectivity index (χ0n) is 42.0. The zero-order valence-corrected chi connectivity index (χ0v) is 42.9. The number of esters is 1. The van der Waals surface area contributed by atoms with E-state index in [1.54, 1.807) is 47.7 Å². The highest BCUT2D eigenvalue weighted by Crippen LogP contribution is 2.42. The van der Waals surface area contributed by atoms with E-state index in [1.165, 1.54) is 12.0 Å². The van der Waals surface area contributed by atoms with Crippen LogP contribution in [0.4, 0.5) is 0 Å². The van der Waals surface area contributed by atoms with Crippen molar-refractivity contribution < 1.29 is 62.4 Å². The van der Waals surface area contributed by atoms with Crippen LogP contribution in [-0.4, -0.2) is 133 Å². The maximum atomic E-state index is 14.4. The van der Waals surface area contributed by atoms with E-state index in [1.807, 2.05) is 58.1 Å². The molecule has 1 amide bonds. The Kier molecular flexibility index (Phi) is 22.0. The summed E-state index contributed by atoms with van der Waals surface area (Å²) in [5.41, 5.74) is 1.21. The van der Waals surface area contributed by atoms with Gasteiger partial charge in [-0.25, -0.2) is 4.79 Å². The number of cyclic esters (lactones) is 1. The molecule has 3 aliphatic heterocycles. The van der Waals surface area contributed by atoms with Gasteiger partial charge in [0.2, 0.25) is 5.79 Å². The van der Waals surface area contributed by atoms with E-state index in [9.17, 15) is 38.8 Å². The molecule has 14 nitrogen and oxygen atoms in total. The van der Waals surface area contributed by atoms with E-state index >= 15 is 0 Å². The van der Waals surface area contributed by atoms with E-state index in [4.69, 9.17) is 23.7 Å². The monoisotopic (exact) mass is 959 g/mol. The Morgan fingerprint density at radius 2 is 1.60 bits per heavy atom. The predicted octanol–water partition coefficient (Wildman–Crippen LogP) is 7.65. The number of hydrogen-bond donors (Lipinski definition) is 2. The third-order valence-corrected chi connectivity index (χ3v) is 16.5. The van der Waals surface area contributed by atoms with E-state index in [0.29, 0.717) is 56.9 Å². The largest absolute Gasteiger partial charge is 0.460 e. The molecule has 2 N–H and O–H groups in total.